The Morgan fingerprint density at radius 1 is 1.49 bits per heavy atom. The fourth-order valence-corrected chi connectivity index (χ4v) is 7.58. The van der Waals surface area contributed by atoms with E-state index in [1.807, 2.05) is 0 Å². The van der Waals surface area contributed by atoms with Crippen LogP contribution in [0.2, 0.25) is 0 Å². The van der Waals surface area contributed by atoms with Crippen LogP contribution in [-0.2, 0) is 24.0 Å². The number of amides is 3. The standard InChI is InChI=1S/C17H14BrN7O6S4/c1-31-24-8(7-11(18)35-16(22-7)19-4-26)12(27)21-9-13(28)25-10(15(29)30)6(2-32-14(9)25)3-33-17-23-20-5-34-17/h4-5,9,14H,2-3H2,1H3,(H,21,27)(H,29,30)(H,19,22,26)/t9?,14-/m0/s1. The summed E-state index contributed by atoms with van der Waals surface area (Å²) in [6, 6.07) is -0.966. The predicted molar refractivity (Wildman–Crippen MR) is 133 cm³/mol. The van der Waals surface area contributed by atoms with Crippen LogP contribution in [0.15, 0.2) is 30.1 Å². The molecule has 1 saturated heterocycles. The van der Waals surface area contributed by atoms with Gasteiger partial charge in [0.15, 0.2) is 15.2 Å². The quantitative estimate of drug-likeness (QED) is 0.114. The molecule has 4 rings (SSSR count). The van der Waals surface area contributed by atoms with Crippen LogP contribution in [0, 0.1) is 0 Å². The number of β-lactam (4-membered cyclic amide) rings is 1. The predicted octanol–water partition coefficient (Wildman–Crippen LogP) is 1.21. The van der Waals surface area contributed by atoms with Crippen molar-refractivity contribution in [3.05, 3.63) is 26.3 Å². The van der Waals surface area contributed by atoms with Crippen molar-refractivity contribution in [2.24, 2.45) is 5.16 Å². The summed E-state index contributed by atoms with van der Waals surface area (Å²) in [6.45, 7) is 0. The number of aromatic nitrogens is 3. The van der Waals surface area contributed by atoms with Crippen molar-refractivity contribution in [1.29, 1.82) is 0 Å². The highest BCUT2D eigenvalue weighted by atomic mass is 79.9. The monoisotopic (exact) mass is 619 g/mol. The highest BCUT2D eigenvalue weighted by Gasteiger charge is 2.54. The summed E-state index contributed by atoms with van der Waals surface area (Å²) in [5.41, 5.74) is 1.97. The van der Waals surface area contributed by atoms with Crippen molar-refractivity contribution in [1.82, 2.24) is 25.4 Å². The van der Waals surface area contributed by atoms with Gasteiger partial charge in [-0.05, 0) is 21.5 Å². The van der Waals surface area contributed by atoms with E-state index < -0.39 is 29.2 Å². The number of hydrogen-bond donors (Lipinski definition) is 3. The molecule has 4 heterocycles. The number of nitrogens with one attached hydrogen (secondary N) is 2. The van der Waals surface area contributed by atoms with Gasteiger partial charge in [0.05, 0.1) is 0 Å². The van der Waals surface area contributed by atoms with E-state index in [-0.39, 0.29) is 22.2 Å². The molecule has 2 aliphatic rings. The third-order valence-electron chi connectivity index (χ3n) is 4.64. The molecule has 0 aliphatic carbocycles. The Labute approximate surface area is 221 Å². The summed E-state index contributed by atoms with van der Waals surface area (Å²) in [7, 11) is 1.25. The maximum atomic E-state index is 13.0. The van der Waals surface area contributed by atoms with Crippen molar-refractivity contribution < 1.29 is 29.1 Å². The second kappa shape index (κ2) is 11.0. The molecular formula is C17H14BrN7O6S4. The highest BCUT2D eigenvalue weighted by Crippen LogP contribution is 2.41. The molecule has 0 spiro atoms. The molecule has 2 aromatic rings. The Bertz CT molecular complexity index is 1230. The zero-order valence-corrected chi connectivity index (χ0v) is 22.3. The van der Waals surface area contributed by atoms with Gasteiger partial charge >= 0.3 is 5.97 Å². The molecule has 2 atom stereocenters. The van der Waals surface area contributed by atoms with Gasteiger partial charge in [-0.1, -0.05) is 39.6 Å². The average Bonchev–Trinajstić information content (AvgIpc) is 3.48. The summed E-state index contributed by atoms with van der Waals surface area (Å²) in [5.74, 6) is -1.80. The van der Waals surface area contributed by atoms with Crippen LogP contribution in [0.5, 0.6) is 0 Å². The zero-order chi connectivity index (χ0) is 25.1. The van der Waals surface area contributed by atoms with Crippen LogP contribution in [-0.4, -0.2) is 85.1 Å². The molecule has 184 valence electrons. The number of carboxylic acids is 1. The topological polar surface area (TPSA) is 176 Å². The normalized spacial score (nSPS) is 19.7. The molecule has 18 heteroatoms. The Kier molecular flexibility index (Phi) is 8.05. The molecule has 13 nitrogen and oxygen atoms in total. The number of fused-ring (bicyclic) bond motifs is 1. The summed E-state index contributed by atoms with van der Waals surface area (Å²) in [5, 5.41) is 25.8. The van der Waals surface area contributed by atoms with Crippen LogP contribution >= 0.6 is 62.1 Å². The Balaban J connectivity index is 1.50. The van der Waals surface area contributed by atoms with E-state index >= 15 is 0 Å². The maximum absolute atomic E-state index is 13.0. The number of carboxylic acid groups (broad SMARTS) is 1. The first-order valence-electron chi connectivity index (χ1n) is 9.43. The largest absolute Gasteiger partial charge is 0.477 e. The minimum Gasteiger partial charge on any atom is -0.477 e. The second-order valence-corrected chi connectivity index (χ2v) is 12.1. The minimum absolute atomic E-state index is 0.0844. The molecule has 0 bridgehead atoms. The number of rotatable bonds is 10. The zero-order valence-electron chi connectivity index (χ0n) is 17.5. The molecular weight excluding hydrogens is 606 g/mol. The first-order chi connectivity index (χ1) is 16.8. The van der Waals surface area contributed by atoms with Gasteiger partial charge in [0.25, 0.3) is 11.8 Å². The van der Waals surface area contributed by atoms with Gasteiger partial charge in [0.1, 0.15) is 39.2 Å². The van der Waals surface area contributed by atoms with Crippen molar-refractivity contribution in [2.45, 2.75) is 15.8 Å². The molecule has 0 saturated carbocycles. The van der Waals surface area contributed by atoms with Gasteiger partial charge in [-0.3, -0.25) is 19.3 Å². The Morgan fingerprint density at radius 2 is 2.29 bits per heavy atom. The number of carbonyl (C=O) groups is 4. The number of hydrogen-bond acceptors (Lipinski definition) is 13. The van der Waals surface area contributed by atoms with Gasteiger partial charge in [0, 0.05) is 11.5 Å². The number of halogens is 1. The summed E-state index contributed by atoms with van der Waals surface area (Å²) >= 11 is 8.37. The Hall–Kier alpha value is -2.54. The maximum Gasteiger partial charge on any atom is 0.352 e. The van der Waals surface area contributed by atoms with E-state index in [1.54, 1.807) is 5.51 Å². The molecule has 2 aliphatic heterocycles. The van der Waals surface area contributed by atoms with E-state index in [2.05, 4.69) is 46.9 Å². The fraction of sp³-hybridized carbons (Fsp3) is 0.294. The first-order valence-corrected chi connectivity index (χ1v) is 14.0. The lowest BCUT2D eigenvalue weighted by molar-refractivity contribution is -0.150. The van der Waals surface area contributed by atoms with Crippen LogP contribution in [0.4, 0.5) is 5.13 Å². The number of thiazole rings is 1. The lowest BCUT2D eigenvalue weighted by Crippen LogP contribution is -2.71. The average molecular weight is 621 g/mol. The van der Waals surface area contributed by atoms with Crippen LogP contribution in [0.25, 0.3) is 0 Å². The molecule has 2 aromatic heterocycles. The van der Waals surface area contributed by atoms with Crippen LogP contribution in [0.1, 0.15) is 5.69 Å². The highest BCUT2D eigenvalue weighted by molar-refractivity contribution is 9.11. The summed E-state index contributed by atoms with van der Waals surface area (Å²) < 4.78 is 1.11. The van der Waals surface area contributed by atoms with Crippen LogP contribution in [0.3, 0.4) is 0 Å². The first kappa shape index (κ1) is 25.5. The van der Waals surface area contributed by atoms with E-state index in [0.29, 0.717) is 31.6 Å². The number of anilines is 1. The van der Waals surface area contributed by atoms with Crippen molar-refractivity contribution in [3.63, 3.8) is 0 Å². The van der Waals surface area contributed by atoms with E-state index in [0.717, 1.165) is 11.3 Å². The molecule has 0 aromatic carbocycles. The third-order valence-corrected chi connectivity index (χ3v) is 9.56. The van der Waals surface area contributed by atoms with Gasteiger partial charge in [0.2, 0.25) is 6.41 Å². The number of nitrogens with zero attached hydrogens (tertiary/aromatic N) is 5. The van der Waals surface area contributed by atoms with Crippen molar-refractivity contribution in [2.75, 3.05) is 23.9 Å². The van der Waals surface area contributed by atoms with Crippen molar-refractivity contribution >= 4 is 97.2 Å². The number of aliphatic carboxylic acids is 1. The lowest BCUT2D eigenvalue weighted by Gasteiger charge is -2.49. The summed E-state index contributed by atoms with van der Waals surface area (Å²) in [6.07, 6.45) is 0.443. The molecule has 35 heavy (non-hydrogen) atoms. The van der Waals surface area contributed by atoms with E-state index in [9.17, 15) is 24.3 Å². The SMILES string of the molecule is CON=C(C(=O)NC1C(=O)N2C(C(=O)O)=C(CSc3nncs3)CS[C@@H]12)c1nc(NC=O)sc1Br. The number of carbonyl (C=O) groups excluding carboxylic acids is 3. The molecule has 1 fully saturated rings. The van der Waals surface area contributed by atoms with Gasteiger partial charge in [-0.15, -0.1) is 22.0 Å². The van der Waals surface area contributed by atoms with Gasteiger partial charge < -0.3 is 20.6 Å². The minimum atomic E-state index is -1.22. The van der Waals surface area contributed by atoms with E-state index in [4.69, 9.17) is 4.84 Å². The lowest BCUT2D eigenvalue weighted by atomic mass is 10.0. The molecule has 3 N–H and O–H groups in total. The molecule has 0 radical (unpaired) electrons. The van der Waals surface area contributed by atoms with Gasteiger partial charge in [-0.2, -0.15) is 0 Å². The smallest absolute Gasteiger partial charge is 0.352 e. The number of thioether (sulfide) groups is 2. The fourth-order valence-electron chi connectivity index (χ4n) is 3.22. The van der Waals surface area contributed by atoms with E-state index in [1.165, 1.54) is 46.9 Å². The van der Waals surface area contributed by atoms with Crippen molar-refractivity contribution in [3.8, 4) is 0 Å². The molecule has 3 amide bonds. The summed E-state index contributed by atoms with van der Waals surface area (Å²) in [4.78, 5) is 58.7. The van der Waals surface area contributed by atoms with Crippen LogP contribution < -0.4 is 10.6 Å². The number of oxime groups is 1. The second-order valence-electron chi connectivity index (χ2n) is 6.64. The van der Waals surface area contributed by atoms with Gasteiger partial charge in [-0.25, -0.2) is 9.78 Å². The third kappa shape index (κ3) is 5.20. The molecule has 1 unspecified atom stereocenters. The Morgan fingerprint density at radius 3 is 2.94 bits per heavy atom.